The predicted octanol–water partition coefficient (Wildman–Crippen LogP) is 6.75. The first-order chi connectivity index (χ1) is 18.6. The van der Waals surface area contributed by atoms with Crippen molar-refractivity contribution in [3.8, 4) is 16.9 Å². The van der Waals surface area contributed by atoms with E-state index in [0.29, 0.717) is 13.2 Å². The van der Waals surface area contributed by atoms with Crippen LogP contribution in [0.5, 0.6) is 5.75 Å². The molecule has 3 aromatic rings. The lowest BCUT2D eigenvalue weighted by atomic mass is 9.88. The average Bonchev–Trinajstić information content (AvgIpc) is 2.99. The number of esters is 1. The van der Waals surface area contributed by atoms with Gasteiger partial charge in [0.05, 0.1) is 13.7 Å². The van der Waals surface area contributed by atoms with Gasteiger partial charge >= 0.3 is 5.97 Å². The quantitative estimate of drug-likeness (QED) is 0.262. The molecular weight excluding hydrogens is 476 g/mol. The number of amides is 1. The van der Waals surface area contributed by atoms with Crippen LogP contribution in [0, 0.1) is 5.92 Å². The Kier molecular flexibility index (Phi) is 7.98. The summed E-state index contributed by atoms with van der Waals surface area (Å²) in [5, 5.41) is 0. The molecule has 0 N–H and O–H groups in total. The van der Waals surface area contributed by atoms with Gasteiger partial charge in [0.2, 0.25) is 5.91 Å². The Morgan fingerprint density at radius 1 is 1.00 bits per heavy atom. The van der Waals surface area contributed by atoms with Gasteiger partial charge in [-0.15, -0.1) is 0 Å². The number of benzene rings is 3. The molecule has 1 amide bonds. The SMILES string of the molecule is COC(=O)C=Cc1cccc(N(Cc2ccc(-c3ccc4c(c3)OCC=N4)cc2)C(=O)C2CCCCC2)c1. The molecule has 194 valence electrons. The largest absolute Gasteiger partial charge is 0.486 e. The molecule has 0 unspecified atom stereocenters. The van der Waals surface area contributed by atoms with Gasteiger partial charge in [-0.2, -0.15) is 0 Å². The molecule has 1 saturated carbocycles. The van der Waals surface area contributed by atoms with Gasteiger partial charge in [-0.25, -0.2) is 4.79 Å². The summed E-state index contributed by atoms with van der Waals surface area (Å²) in [5.41, 5.74) is 5.69. The Morgan fingerprint density at radius 2 is 1.79 bits per heavy atom. The molecule has 0 radical (unpaired) electrons. The highest BCUT2D eigenvalue weighted by atomic mass is 16.5. The standard InChI is InChI=1S/C32H32N2O4/c1-37-31(35)17-12-23-6-5-9-28(20-23)34(32(36)26-7-3-2-4-8-26)22-24-10-13-25(14-11-24)27-15-16-29-30(21-27)38-19-18-33-29/h5-6,9-18,20-21,26H,2-4,7-8,19,22H2,1H3. The van der Waals surface area contributed by atoms with Gasteiger partial charge < -0.3 is 14.4 Å². The number of anilines is 1. The van der Waals surface area contributed by atoms with Crippen LogP contribution in [-0.2, 0) is 20.9 Å². The van der Waals surface area contributed by atoms with Crippen LogP contribution in [0.3, 0.4) is 0 Å². The van der Waals surface area contributed by atoms with E-state index in [1.165, 1.54) is 19.6 Å². The second-order valence-corrected chi connectivity index (χ2v) is 9.71. The van der Waals surface area contributed by atoms with Crippen LogP contribution in [0.15, 0.2) is 77.8 Å². The van der Waals surface area contributed by atoms with Crippen LogP contribution in [0.4, 0.5) is 11.4 Å². The number of nitrogens with zero attached hydrogens (tertiary/aromatic N) is 2. The minimum Gasteiger partial charge on any atom is -0.486 e. The molecule has 0 atom stereocenters. The van der Waals surface area contributed by atoms with E-state index in [-0.39, 0.29) is 11.8 Å². The third-order valence-corrected chi connectivity index (χ3v) is 7.15. The third-order valence-electron chi connectivity index (χ3n) is 7.15. The van der Waals surface area contributed by atoms with E-state index in [0.717, 1.165) is 65.1 Å². The lowest BCUT2D eigenvalue weighted by Crippen LogP contribution is -2.36. The van der Waals surface area contributed by atoms with Gasteiger partial charge in [-0.05, 0) is 65.4 Å². The normalized spacial score (nSPS) is 15.1. The zero-order valence-electron chi connectivity index (χ0n) is 21.6. The zero-order valence-corrected chi connectivity index (χ0v) is 21.6. The summed E-state index contributed by atoms with van der Waals surface area (Å²) in [6.45, 7) is 0.960. The smallest absolute Gasteiger partial charge is 0.330 e. The first-order valence-electron chi connectivity index (χ1n) is 13.2. The second kappa shape index (κ2) is 11.9. The molecule has 38 heavy (non-hydrogen) atoms. The van der Waals surface area contributed by atoms with Crippen LogP contribution in [-0.4, -0.2) is 31.8 Å². The van der Waals surface area contributed by atoms with E-state index in [1.54, 1.807) is 12.3 Å². The molecule has 0 saturated heterocycles. The van der Waals surface area contributed by atoms with Crippen molar-refractivity contribution in [2.45, 2.75) is 38.6 Å². The zero-order chi connectivity index (χ0) is 26.3. The molecule has 1 aliphatic heterocycles. The van der Waals surface area contributed by atoms with E-state index >= 15 is 0 Å². The van der Waals surface area contributed by atoms with Gasteiger partial charge in [0.1, 0.15) is 18.0 Å². The summed E-state index contributed by atoms with van der Waals surface area (Å²) in [7, 11) is 1.35. The maximum Gasteiger partial charge on any atom is 0.330 e. The minimum absolute atomic E-state index is 0.0374. The second-order valence-electron chi connectivity index (χ2n) is 9.71. The van der Waals surface area contributed by atoms with Gasteiger partial charge in [-0.3, -0.25) is 9.79 Å². The number of hydrogen-bond acceptors (Lipinski definition) is 5. The van der Waals surface area contributed by atoms with Crippen LogP contribution < -0.4 is 9.64 Å². The summed E-state index contributed by atoms with van der Waals surface area (Å²) in [5.74, 6) is 0.578. The van der Waals surface area contributed by atoms with Crippen molar-refractivity contribution in [1.29, 1.82) is 0 Å². The van der Waals surface area contributed by atoms with E-state index in [1.807, 2.05) is 47.4 Å². The lowest BCUT2D eigenvalue weighted by Gasteiger charge is -2.30. The monoisotopic (exact) mass is 508 g/mol. The topological polar surface area (TPSA) is 68.2 Å². The fourth-order valence-corrected chi connectivity index (χ4v) is 5.06. The summed E-state index contributed by atoms with van der Waals surface area (Å²) < 4.78 is 10.4. The van der Waals surface area contributed by atoms with Crippen LogP contribution in [0.2, 0.25) is 0 Å². The van der Waals surface area contributed by atoms with E-state index in [4.69, 9.17) is 9.47 Å². The minimum atomic E-state index is -0.413. The Balaban J connectivity index is 1.40. The van der Waals surface area contributed by atoms with Crippen molar-refractivity contribution in [2.24, 2.45) is 10.9 Å². The molecular formula is C32H32N2O4. The molecule has 0 bridgehead atoms. The molecule has 0 spiro atoms. The number of aliphatic imine (C=N–C) groups is 1. The average molecular weight is 509 g/mol. The Morgan fingerprint density at radius 3 is 2.58 bits per heavy atom. The van der Waals surface area contributed by atoms with Crippen molar-refractivity contribution < 1.29 is 19.1 Å². The summed E-state index contributed by atoms with van der Waals surface area (Å²) in [6, 6.07) is 22.1. The number of ether oxygens (including phenoxy) is 2. The van der Waals surface area contributed by atoms with Crippen LogP contribution in [0.1, 0.15) is 43.2 Å². The number of carbonyl (C=O) groups excluding carboxylic acids is 2. The van der Waals surface area contributed by atoms with Gasteiger partial charge in [0, 0.05) is 23.9 Å². The predicted molar refractivity (Wildman–Crippen MR) is 151 cm³/mol. The number of carbonyl (C=O) groups is 2. The Bertz CT molecular complexity index is 1350. The Labute approximate surface area is 223 Å². The van der Waals surface area contributed by atoms with Crippen molar-refractivity contribution in [3.05, 3.63) is 83.9 Å². The maximum absolute atomic E-state index is 13.8. The highest BCUT2D eigenvalue weighted by Crippen LogP contribution is 2.35. The van der Waals surface area contributed by atoms with Crippen molar-refractivity contribution in [3.63, 3.8) is 0 Å². The summed E-state index contributed by atoms with van der Waals surface area (Å²) in [6.07, 6.45) is 10.1. The molecule has 1 aliphatic carbocycles. The molecule has 6 heteroatoms. The van der Waals surface area contributed by atoms with Crippen molar-refractivity contribution in [1.82, 2.24) is 0 Å². The van der Waals surface area contributed by atoms with Gasteiger partial charge in [0.15, 0.2) is 0 Å². The molecule has 5 rings (SSSR count). The van der Waals surface area contributed by atoms with Crippen molar-refractivity contribution in [2.75, 3.05) is 18.6 Å². The number of hydrogen-bond donors (Lipinski definition) is 0. The first-order valence-corrected chi connectivity index (χ1v) is 13.2. The van der Waals surface area contributed by atoms with E-state index in [2.05, 4.69) is 29.3 Å². The maximum atomic E-state index is 13.8. The fourth-order valence-electron chi connectivity index (χ4n) is 5.06. The number of methoxy groups -OCH3 is 1. The number of fused-ring (bicyclic) bond motifs is 1. The molecule has 3 aromatic carbocycles. The highest BCUT2D eigenvalue weighted by molar-refractivity contribution is 5.95. The Hall–Kier alpha value is -4.19. The third kappa shape index (κ3) is 6.02. The van der Waals surface area contributed by atoms with E-state index in [9.17, 15) is 9.59 Å². The fraction of sp³-hybridized carbons (Fsp3) is 0.281. The molecule has 2 aliphatic rings. The molecule has 0 aromatic heterocycles. The van der Waals surface area contributed by atoms with E-state index < -0.39 is 5.97 Å². The molecule has 1 heterocycles. The summed E-state index contributed by atoms with van der Waals surface area (Å²) >= 11 is 0. The summed E-state index contributed by atoms with van der Waals surface area (Å²) in [4.78, 5) is 31.6. The first kappa shape index (κ1) is 25.5. The van der Waals surface area contributed by atoms with Crippen LogP contribution in [0.25, 0.3) is 17.2 Å². The molecule has 1 fully saturated rings. The molecule has 6 nitrogen and oxygen atoms in total. The van der Waals surface area contributed by atoms with Gasteiger partial charge in [-0.1, -0.05) is 61.7 Å². The van der Waals surface area contributed by atoms with Crippen molar-refractivity contribution >= 4 is 35.5 Å². The number of rotatable bonds is 7. The van der Waals surface area contributed by atoms with Crippen LogP contribution >= 0.6 is 0 Å². The highest BCUT2D eigenvalue weighted by Gasteiger charge is 2.27. The van der Waals surface area contributed by atoms with Gasteiger partial charge in [0.25, 0.3) is 0 Å². The lowest BCUT2D eigenvalue weighted by molar-refractivity contribution is -0.134.